The normalized spacial score (nSPS) is 14.1. The Balaban J connectivity index is 3.78. The first-order valence-corrected chi connectivity index (χ1v) is 8.24. The zero-order valence-corrected chi connectivity index (χ0v) is 12.8. The van der Waals surface area contributed by atoms with Crippen LogP contribution < -0.4 is 10.0 Å². The summed E-state index contributed by atoms with van der Waals surface area (Å²) in [4.78, 5) is 0. The van der Waals surface area contributed by atoms with Gasteiger partial charge in [-0.2, -0.15) is 0 Å². The molecule has 6 heteroatoms. The van der Waals surface area contributed by atoms with E-state index >= 15 is 0 Å². The number of nitrogens with one attached hydrogen (secondary N) is 2. The van der Waals surface area contributed by atoms with Gasteiger partial charge >= 0.3 is 0 Å². The lowest BCUT2D eigenvalue weighted by Crippen LogP contribution is -2.41. The molecule has 1 unspecified atom stereocenters. The third kappa shape index (κ3) is 8.85. The van der Waals surface area contributed by atoms with Gasteiger partial charge in [0.25, 0.3) is 0 Å². The molecule has 2 N–H and O–H groups in total. The number of ether oxygens (including phenoxy) is 1. The molecule has 1 atom stereocenters. The molecule has 0 rings (SSSR count). The molecular formula is C12H28N2O3S. The van der Waals surface area contributed by atoms with Crippen LogP contribution >= 0.6 is 0 Å². The van der Waals surface area contributed by atoms with Gasteiger partial charge in [-0.25, -0.2) is 13.1 Å². The van der Waals surface area contributed by atoms with Gasteiger partial charge in [0.2, 0.25) is 10.0 Å². The van der Waals surface area contributed by atoms with Crippen molar-refractivity contribution in [3.05, 3.63) is 0 Å². The quantitative estimate of drug-likeness (QED) is 0.556. The van der Waals surface area contributed by atoms with Crippen LogP contribution in [0.1, 0.15) is 40.5 Å². The van der Waals surface area contributed by atoms with E-state index in [0.717, 1.165) is 12.8 Å². The second-order valence-corrected chi connectivity index (χ2v) is 6.96. The molecule has 18 heavy (non-hydrogen) atoms. The molecule has 0 aliphatic heterocycles. The Morgan fingerprint density at radius 1 is 1.17 bits per heavy atom. The van der Waals surface area contributed by atoms with E-state index in [4.69, 9.17) is 4.74 Å². The predicted molar refractivity (Wildman–Crippen MR) is 75.3 cm³/mol. The summed E-state index contributed by atoms with van der Waals surface area (Å²) >= 11 is 0. The molecule has 0 saturated heterocycles. The number of sulfonamides is 1. The van der Waals surface area contributed by atoms with E-state index in [-0.39, 0.29) is 0 Å². The average molecular weight is 280 g/mol. The van der Waals surface area contributed by atoms with E-state index in [1.54, 1.807) is 6.92 Å². The molecule has 0 amide bonds. The summed E-state index contributed by atoms with van der Waals surface area (Å²) in [5.74, 6) is 0. The molecule has 0 aromatic rings. The monoisotopic (exact) mass is 280 g/mol. The lowest BCUT2D eigenvalue weighted by Gasteiger charge is -2.16. The van der Waals surface area contributed by atoms with Crippen LogP contribution in [-0.2, 0) is 14.8 Å². The summed E-state index contributed by atoms with van der Waals surface area (Å²) in [6, 6.07) is 0.292. The highest BCUT2D eigenvalue weighted by Crippen LogP contribution is 1.97. The zero-order chi connectivity index (χ0) is 14.0. The van der Waals surface area contributed by atoms with Gasteiger partial charge in [-0.05, 0) is 13.3 Å². The van der Waals surface area contributed by atoms with Crippen molar-refractivity contribution in [1.29, 1.82) is 0 Å². The van der Waals surface area contributed by atoms with Gasteiger partial charge in [-0.1, -0.05) is 27.2 Å². The first-order chi connectivity index (χ1) is 8.40. The average Bonchev–Trinajstić information content (AvgIpc) is 2.30. The molecule has 0 heterocycles. The number of unbranched alkanes of at least 4 members (excludes halogenated alkanes) is 1. The standard InChI is InChI=1S/C12H28N2O3S/c1-5-6-8-17-9-7-14-18(15,16)12(4)10-13-11(2)3/h11-14H,5-10H2,1-4H3. The fourth-order valence-corrected chi connectivity index (χ4v) is 2.23. The van der Waals surface area contributed by atoms with Gasteiger partial charge in [0.05, 0.1) is 11.9 Å². The second kappa shape index (κ2) is 9.72. The maximum Gasteiger partial charge on any atom is 0.215 e. The molecular weight excluding hydrogens is 252 g/mol. The Hall–Kier alpha value is -0.170. The molecule has 0 aromatic carbocycles. The van der Waals surface area contributed by atoms with Gasteiger partial charge < -0.3 is 10.1 Å². The van der Waals surface area contributed by atoms with Crippen molar-refractivity contribution in [2.45, 2.75) is 51.8 Å². The van der Waals surface area contributed by atoms with Crippen molar-refractivity contribution in [3.8, 4) is 0 Å². The van der Waals surface area contributed by atoms with Crippen molar-refractivity contribution >= 4 is 10.0 Å². The molecule has 0 radical (unpaired) electrons. The van der Waals surface area contributed by atoms with Crippen LogP contribution in [0.3, 0.4) is 0 Å². The first kappa shape index (κ1) is 17.8. The van der Waals surface area contributed by atoms with E-state index in [1.807, 2.05) is 13.8 Å². The lowest BCUT2D eigenvalue weighted by atomic mass is 10.3. The Labute approximate surface area is 112 Å². The summed E-state index contributed by atoms with van der Waals surface area (Å²) in [6.07, 6.45) is 2.10. The van der Waals surface area contributed by atoms with Crippen molar-refractivity contribution in [1.82, 2.24) is 10.0 Å². The van der Waals surface area contributed by atoms with Crippen molar-refractivity contribution in [2.24, 2.45) is 0 Å². The maximum absolute atomic E-state index is 11.8. The van der Waals surface area contributed by atoms with Crippen LogP contribution in [0, 0.1) is 0 Å². The third-order valence-electron chi connectivity index (χ3n) is 2.54. The molecule has 0 aliphatic carbocycles. The van der Waals surface area contributed by atoms with E-state index in [9.17, 15) is 8.42 Å². The van der Waals surface area contributed by atoms with Crippen molar-refractivity contribution < 1.29 is 13.2 Å². The maximum atomic E-state index is 11.8. The summed E-state index contributed by atoms with van der Waals surface area (Å²) in [5.41, 5.74) is 0. The summed E-state index contributed by atoms with van der Waals surface area (Å²) in [5, 5.41) is 2.68. The van der Waals surface area contributed by atoms with Gasteiger partial charge in [-0.3, -0.25) is 0 Å². The molecule has 0 aliphatic rings. The number of hydrogen-bond acceptors (Lipinski definition) is 4. The Morgan fingerprint density at radius 3 is 2.39 bits per heavy atom. The molecule has 0 saturated carbocycles. The fourth-order valence-electron chi connectivity index (χ4n) is 1.26. The minimum absolute atomic E-state index is 0.292. The predicted octanol–water partition coefficient (Wildman–Crippen LogP) is 1.11. The Bertz CT molecular complexity index is 292. The Morgan fingerprint density at radius 2 is 1.83 bits per heavy atom. The van der Waals surface area contributed by atoms with Gasteiger partial charge in [0, 0.05) is 25.7 Å². The van der Waals surface area contributed by atoms with Crippen molar-refractivity contribution in [3.63, 3.8) is 0 Å². The molecule has 5 nitrogen and oxygen atoms in total. The molecule has 0 aromatic heterocycles. The number of hydrogen-bond donors (Lipinski definition) is 2. The van der Waals surface area contributed by atoms with Crippen LogP contribution in [0.4, 0.5) is 0 Å². The van der Waals surface area contributed by atoms with Crippen LogP contribution in [-0.4, -0.2) is 46.0 Å². The number of rotatable bonds is 11. The highest BCUT2D eigenvalue weighted by atomic mass is 32.2. The fraction of sp³-hybridized carbons (Fsp3) is 1.00. The smallest absolute Gasteiger partial charge is 0.215 e. The van der Waals surface area contributed by atoms with E-state index < -0.39 is 15.3 Å². The Kier molecular flexibility index (Phi) is 9.63. The molecule has 0 fully saturated rings. The molecule has 0 bridgehead atoms. The highest BCUT2D eigenvalue weighted by Gasteiger charge is 2.19. The summed E-state index contributed by atoms with van der Waals surface area (Å²) in [7, 11) is -3.24. The van der Waals surface area contributed by atoms with Crippen LogP contribution in [0.5, 0.6) is 0 Å². The third-order valence-corrected chi connectivity index (χ3v) is 4.37. The van der Waals surface area contributed by atoms with Gasteiger partial charge in [0.1, 0.15) is 0 Å². The highest BCUT2D eigenvalue weighted by molar-refractivity contribution is 7.90. The summed E-state index contributed by atoms with van der Waals surface area (Å²) in [6.45, 7) is 9.72. The topological polar surface area (TPSA) is 67.4 Å². The van der Waals surface area contributed by atoms with Crippen LogP contribution in [0.15, 0.2) is 0 Å². The lowest BCUT2D eigenvalue weighted by molar-refractivity contribution is 0.136. The summed E-state index contributed by atoms with van der Waals surface area (Å²) < 4.78 is 31.5. The SMILES string of the molecule is CCCCOCCNS(=O)(=O)C(C)CNC(C)C. The minimum atomic E-state index is -3.24. The molecule has 110 valence electrons. The van der Waals surface area contributed by atoms with E-state index in [0.29, 0.717) is 32.3 Å². The largest absolute Gasteiger partial charge is 0.380 e. The second-order valence-electron chi connectivity index (χ2n) is 4.78. The zero-order valence-electron chi connectivity index (χ0n) is 12.0. The van der Waals surface area contributed by atoms with Crippen molar-refractivity contribution in [2.75, 3.05) is 26.3 Å². The minimum Gasteiger partial charge on any atom is -0.380 e. The van der Waals surface area contributed by atoms with E-state index in [1.165, 1.54) is 0 Å². The van der Waals surface area contributed by atoms with E-state index in [2.05, 4.69) is 17.0 Å². The van der Waals surface area contributed by atoms with Gasteiger partial charge in [0.15, 0.2) is 0 Å². The van der Waals surface area contributed by atoms with Crippen LogP contribution in [0.2, 0.25) is 0 Å². The first-order valence-electron chi connectivity index (χ1n) is 6.69. The van der Waals surface area contributed by atoms with Gasteiger partial charge in [-0.15, -0.1) is 0 Å². The molecule has 0 spiro atoms. The van der Waals surface area contributed by atoms with Crippen LogP contribution in [0.25, 0.3) is 0 Å².